The predicted octanol–water partition coefficient (Wildman–Crippen LogP) is 0.913. The standard InChI is InChI=1S/C17H19N3O4/c1-19-15(21)13-5-3-2-4-12(13)14(18-19)16(22)20-8-6-17(7-9-20)23-10-11-24-17/h2-5H,6-11H2,1H3. The number of fused-ring (bicyclic) bond motifs is 1. The van der Waals surface area contributed by atoms with Crippen molar-refractivity contribution in [3.05, 3.63) is 40.3 Å². The van der Waals surface area contributed by atoms with Crippen LogP contribution in [0.2, 0.25) is 0 Å². The van der Waals surface area contributed by atoms with Crippen molar-refractivity contribution in [2.45, 2.75) is 18.6 Å². The highest BCUT2D eigenvalue weighted by Crippen LogP contribution is 2.31. The molecule has 2 aliphatic heterocycles. The van der Waals surface area contributed by atoms with Crippen LogP contribution in [0.25, 0.3) is 10.8 Å². The van der Waals surface area contributed by atoms with Gasteiger partial charge >= 0.3 is 0 Å². The van der Waals surface area contributed by atoms with E-state index in [0.29, 0.717) is 55.6 Å². The van der Waals surface area contributed by atoms with E-state index in [2.05, 4.69) is 5.10 Å². The molecule has 24 heavy (non-hydrogen) atoms. The molecule has 1 amide bonds. The first-order valence-electron chi connectivity index (χ1n) is 8.13. The van der Waals surface area contributed by atoms with Crippen LogP contribution in [0.3, 0.4) is 0 Å². The maximum absolute atomic E-state index is 12.9. The Morgan fingerprint density at radius 3 is 2.42 bits per heavy atom. The Kier molecular flexibility index (Phi) is 3.62. The van der Waals surface area contributed by atoms with Crippen LogP contribution < -0.4 is 5.56 Å². The molecule has 1 spiro atoms. The highest BCUT2D eigenvalue weighted by Gasteiger charge is 2.41. The molecule has 0 atom stereocenters. The number of benzene rings is 1. The quantitative estimate of drug-likeness (QED) is 0.778. The minimum Gasteiger partial charge on any atom is -0.347 e. The molecule has 0 unspecified atom stereocenters. The summed E-state index contributed by atoms with van der Waals surface area (Å²) in [6.07, 6.45) is 1.31. The van der Waals surface area contributed by atoms with E-state index in [0.717, 1.165) is 0 Å². The van der Waals surface area contributed by atoms with Gasteiger partial charge in [0.05, 0.1) is 18.6 Å². The van der Waals surface area contributed by atoms with Crippen molar-refractivity contribution in [1.82, 2.24) is 14.7 Å². The molecule has 2 aliphatic rings. The van der Waals surface area contributed by atoms with Crippen molar-refractivity contribution < 1.29 is 14.3 Å². The molecule has 0 bridgehead atoms. The first-order chi connectivity index (χ1) is 11.6. The molecule has 1 aromatic heterocycles. The molecule has 0 N–H and O–H groups in total. The van der Waals surface area contributed by atoms with Crippen LogP contribution in [0.1, 0.15) is 23.3 Å². The summed E-state index contributed by atoms with van der Waals surface area (Å²) in [5.41, 5.74) is 0.115. The minimum atomic E-state index is -0.518. The van der Waals surface area contributed by atoms with E-state index in [1.165, 1.54) is 4.68 Å². The minimum absolute atomic E-state index is 0.158. The summed E-state index contributed by atoms with van der Waals surface area (Å²) in [7, 11) is 1.57. The molecule has 0 saturated carbocycles. The summed E-state index contributed by atoms with van der Waals surface area (Å²) < 4.78 is 12.6. The SMILES string of the molecule is Cn1nc(C(=O)N2CCC3(CC2)OCCO3)c2ccccc2c1=O. The van der Waals surface area contributed by atoms with Crippen molar-refractivity contribution >= 4 is 16.7 Å². The predicted molar refractivity (Wildman–Crippen MR) is 86.8 cm³/mol. The summed E-state index contributed by atoms with van der Waals surface area (Å²) >= 11 is 0. The van der Waals surface area contributed by atoms with Crippen LogP contribution in [0, 0.1) is 0 Å². The smallest absolute Gasteiger partial charge is 0.274 e. The van der Waals surface area contributed by atoms with Crippen molar-refractivity contribution in [1.29, 1.82) is 0 Å². The second-order valence-corrected chi connectivity index (χ2v) is 6.22. The second-order valence-electron chi connectivity index (χ2n) is 6.22. The molecule has 2 aromatic rings. The number of piperidine rings is 1. The number of nitrogens with zero attached hydrogens (tertiary/aromatic N) is 3. The molecule has 0 radical (unpaired) electrons. The summed E-state index contributed by atoms with van der Waals surface area (Å²) in [5, 5.41) is 5.32. The second kappa shape index (κ2) is 5.68. The van der Waals surface area contributed by atoms with Gasteiger partial charge in [-0.25, -0.2) is 4.68 Å². The maximum Gasteiger partial charge on any atom is 0.274 e. The van der Waals surface area contributed by atoms with E-state index >= 15 is 0 Å². The molecule has 2 fully saturated rings. The zero-order valence-corrected chi connectivity index (χ0v) is 13.5. The Bertz CT molecular complexity index is 845. The van der Waals surface area contributed by atoms with Gasteiger partial charge < -0.3 is 14.4 Å². The first-order valence-corrected chi connectivity index (χ1v) is 8.13. The fourth-order valence-electron chi connectivity index (χ4n) is 3.44. The third-order valence-electron chi connectivity index (χ3n) is 4.79. The Labute approximate surface area is 138 Å². The third kappa shape index (κ3) is 2.40. The monoisotopic (exact) mass is 329 g/mol. The van der Waals surface area contributed by atoms with Crippen LogP contribution in [-0.2, 0) is 16.5 Å². The van der Waals surface area contributed by atoms with Gasteiger partial charge in [0.25, 0.3) is 11.5 Å². The number of hydrogen-bond donors (Lipinski definition) is 0. The number of carbonyl (C=O) groups is 1. The van der Waals surface area contributed by atoms with E-state index in [-0.39, 0.29) is 11.5 Å². The van der Waals surface area contributed by atoms with Crippen LogP contribution >= 0.6 is 0 Å². The topological polar surface area (TPSA) is 73.7 Å². The van der Waals surface area contributed by atoms with Gasteiger partial charge in [0.15, 0.2) is 11.5 Å². The molecule has 3 heterocycles. The lowest BCUT2D eigenvalue weighted by Crippen LogP contribution is -2.47. The fraction of sp³-hybridized carbons (Fsp3) is 0.471. The summed E-state index contributed by atoms with van der Waals surface area (Å²) in [6, 6.07) is 7.09. The molecule has 0 aliphatic carbocycles. The Morgan fingerprint density at radius 2 is 1.75 bits per heavy atom. The van der Waals surface area contributed by atoms with Gasteiger partial charge in [-0.15, -0.1) is 0 Å². The molecule has 126 valence electrons. The van der Waals surface area contributed by atoms with E-state index in [1.807, 2.05) is 6.07 Å². The Morgan fingerprint density at radius 1 is 1.12 bits per heavy atom. The highest BCUT2D eigenvalue weighted by atomic mass is 16.7. The fourth-order valence-corrected chi connectivity index (χ4v) is 3.44. The molecule has 7 nitrogen and oxygen atoms in total. The largest absolute Gasteiger partial charge is 0.347 e. The van der Waals surface area contributed by atoms with Crippen LogP contribution in [0.4, 0.5) is 0 Å². The summed E-state index contributed by atoms with van der Waals surface area (Å²) in [4.78, 5) is 26.9. The molecular weight excluding hydrogens is 310 g/mol. The number of rotatable bonds is 1. The van der Waals surface area contributed by atoms with Gasteiger partial charge in [-0.3, -0.25) is 9.59 Å². The third-order valence-corrected chi connectivity index (χ3v) is 4.79. The Hall–Kier alpha value is -2.25. The van der Waals surface area contributed by atoms with Gasteiger partial charge in [-0.1, -0.05) is 18.2 Å². The number of carbonyl (C=O) groups excluding carboxylic acids is 1. The van der Waals surface area contributed by atoms with Crippen LogP contribution in [-0.4, -0.2) is 52.7 Å². The van der Waals surface area contributed by atoms with Gasteiger partial charge in [-0.05, 0) is 6.07 Å². The highest BCUT2D eigenvalue weighted by molar-refractivity contribution is 6.04. The lowest BCUT2D eigenvalue weighted by atomic mass is 10.0. The molecule has 7 heteroatoms. The van der Waals surface area contributed by atoms with E-state index in [4.69, 9.17) is 9.47 Å². The average Bonchev–Trinajstić information content (AvgIpc) is 3.06. The molecule has 4 rings (SSSR count). The number of amides is 1. The number of hydrogen-bond acceptors (Lipinski definition) is 5. The molecular formula is C17H19N3O4. The number of aryl methyl sites for hydroxylation is 1. The van der Waals surface area contributed by atoms with Crippen LogP contribution in [0.15, 0.2) is 29.1 Å². The molecule has 1 aromatic carbocycles. The zero-order valence-electron chi connectivity index (χ0n) is 13.5. The van der Waals surface area contributed by atoms with Crippen molar-refractivity contribution in [2.24, 2.45) is 7.05 Å². The van der Waals surface area contributed by atoms with Crippen molar-refractivity contribution in [2.75, 3.05) is 26.3 Å². The van der Waals surface area contributed by atoms with Crippen molar-refractivity contribution in [3.8, 4) is 0 Å². The zero-order chi connectivity index (χ0) is 16.7. The van der Waals surface area contributed by atoms with Gasteiger partial charge in [-0.2, -0.15) is 5.10 Å². The Balaban J connectivity index is 1.65. The van der Waals surface area contributed by atoms with Crippen molar-refractivity contribution in [3.63, 3.8) is 0 Å². The first kappa shape index (κ1) is 15.3. The van der Waals surface area contributed by atoms with Crippen LogP contribution in [0.5, 0.6) is 0 Å². The number of likely N-dealkylation sites (tertiary alicyclic amines) is 1. The van der Waals surface area contributed by atoms with Gasteiger partial charge in [0.2, 0.25) is 0 Å². The lowest BCUT2D eigenvalue weighted by Gasteiger charge is -2.37. The van der Waals surface area contributed by atoms with Gasteiger partial charge in [0, 0.05) is 38.4 Å². The number of aromatic nitrogens is 2. The molecule has 2 saturated heterocycles. The summed E-state index contributed by atoms with van der Waals surface area (Å²) in [6.45, 7) is 2.33. The maximum atomic E-state index is 12.9. The van der Waals surface area contributed by atoms with E-state index in [1.54, 1.807) is 30.1 Å². The van der Waals surface area contributed by atoms with E-state index in [9.17, 15) is 9.59 Å². The average molecular weight is 329 g/mol. The number of ether oxygens (including phenoxy) is 2. The summed E-state index contributed by atoms with van der Waals surface area (Å²) in [5.74, 6) is -0.676. The van der Waals surface area contributed by atoms with Gasteiger partial charge in [0.1, 0.15) is 0 Å². The normalized spacial score (nSPS) is 20.0. The van der Waals surface area contributed by atoms with E-state index < -0.39 is 5.79 Å². The lowest BCUT2D eigenvalue weighted by molar-refractivity contribution is -0.181.